The summed E-state index contributed by atoms with van der Waals surface area (Å²) in [6, 6.07) is 8.42. The average Bonchev–Trinajstić information content (AvgIpc) is 2.49. The second kappa shape index (κ2) is 8.00. The number of methoxy groups -OCH3 is 1. The van der Waals surface area contributed by atoms with Gasteiger partial charge in [-0.1, -0.05) is 24.3 Å². The highest BCUT2D eigenvalue weighted by atomic mass is 16.5. The van der Waals surface area contributed by atoms with Crippen molar-refractivity contribution >= 4 is 6.09 Å². The molecule has 0 radical (unpaired) electrons. The van der Waals surface area contributed by atoms with Crippen LogP contribution in [0.25, 0.3) is 0 Å². The molecule has 0 spiro atoms. The van der Waals surface area contributed by atoms with Crippen molar-refractivity contribution in [3.63, 3.8) is 0 Å². The zero-order valence-corrected chi connectivity index (χ0v) is 12.5. The lowest BCUT2D eigenvalue weighted by atomic mass is 10.1. The third kappa shape index (κ3) is 5.36. The van der Waals surface area contributed by atoms with Crippen LogP contribution in [-0.4, -0.2) is 48.9 Å². The van der Waals surface area contributed by atoms with Crippen LogP contribution in [0.15, 0.2) is 24.3 Å². The Balaban J connectivity index is 1.80. The van der Waals surface area contributed by atoms with Gasteiger partial charge in [0, 0.05) is 26.7 Å². The largest absolute Gasteiger partial charge is 0.465 e. The Bertz CT molecular complexity index is 447. The van der Waals surface area contributed by atoms with E-state index in [1.165, 1.54) is 12.0 Å². The zero-order valence-electron chi connectivity index (χ0n) is 12.5. The minimum Gasteiger partial charge on any atom is -0.465 e. The summed E-state index contributed by atoms with van der Waals surface area (Å²) in [7, 11) is 1.79. The van der Waals surface area contributed by atoms with Gasteiger partial charge in [-0.2, -0.15) is 0 Å². The molecule has 2 rings (SSSR count). The Morgan fingerprint density at radius 2 is 2.10 bits per heavy atom. The third-order valence-corrected chi connectivity index (χ3v) is 3.91. The molecule has 1 aromatic rings. The molecule has 0 bridgehead atoms. The van der Waals surface area contributed by atoms with Crippen LogP contribution in [0, 0.1) is 0 Å². The first-order chi connectivity index (χ1) is 10.2. The Morgan fingerprint density at radius 3 is 2.76 bits per heavy atom. The van der Waals surface area contributed by atoms with Gasteiger partial charge in [-0.25, -0.2) is 4.79 Å². The molecule has 1 aliphatic heterocycles. The molecule has 1 aliphatic rings. The van der Waals surface area contributed by atoms with E-state index in [1.807, 2.05) is 0 Å². The van der Waals surface area contributed by atoms with Crippen molar-refractivity contribution in [3.8, 4) is 0 Å². The highest BCUT2D eigenvalue weighted by Crippen LogP contribution is 2.16. The number of benzene rings is 1. The lowest BCUT2D eigenvalue weighted by Crippen LogP contribution is -2.38. The third-order valence-electron chi connectivity index (χ3n) is 3.91. The number of carboxylic acid groups (broad SMARTS) is 1. The topological polar surface area (TPSA) is 61.8 Å². The van der Waals surface area contributed by atoms with Gasteiger partial charge in [0.25, 0.3) is 0 Å². The van der Waals surface area contributed by atoms with Crippen LogP contribution in [0.2, 0.25) is 0 Å². The molecule has 21 heavy (non-hydrogen) atoms. The average molecular weight is 292 g/mol. The van der Waals surface area contributed by atoms with Gasteiger partial charge in [-0.3, -0.25) is 4.90 Å². The minimum atomic E-state index is -0.968. The monoisotopic (exact) mass is 292 g/mol. The number of hydrogen-bond donors (Lipinski definition) is 2. The van der Waals surface area contributed by atoms with E-state index in [-0.39, 0.29) is 0 Å². The number of rotatable bonds is 6. The Hall–Kier alpha value is -1.59. The summed E-state index contributed by atoms with van der Waals surface area (Å²) in [5, 5.41) is 10.9. The summed E-state index contributed by atoms with van der Waals surface area (Å²) in [6.45, 7) is 3.54. The van der Waals surface area contributed by atoms with Crippen molar-refractivity contribution in [1.29, 1.82) is 0 Å². The smallest absolute Gasteiger partial charge is 0.404 e. The second-order valence-electron chi connectivity index (χ2n) is 5.53. The van der Waals surface area contributed by atoms with E-state index in [0.29, 0.717) is 12.6 Å². The molecule has 1 saturated heterocycles. The molecular weight excluding hydrogens is 268 g/mol. The number of hydrogen-bond acceptors (Lipinski definition) is 3. The van der Waals surface area contributed by atoms with E-state index >= 15 is 0 Å². The maximum atomic E-state index is 10.4. The predicted octanol–water partition coefficient (Wildman–Crippen LogP) is 2.11. The van der Waals surface area contributed by atoms with Crippen LogP contribution in [0.3, 0.4) is 0 Å². The lowest BCUT2D eigenvalue weighted by Gasteiger charge is -2.31. The van der Waals surface area contributed by atoms with E-state index < -0.39 is 6.09 Å². The highest BCUT2D eigenvalue weighted by Gasteiger charge is 2.19. The van der Waals surface area contributed by atoms with E-state index in [9.17, 15) is 4.79 Å². The van der Waals surface area contributed by atoms with Gasteiger partial charge >= 0.3 is 6.09 Å². The summed E-state index contributed by atoms with van der Waals surface area (Å²) in [4.78, 5) is 12.8. The van der Waals surface area contributed by atoms with Gasteiger partial charge < -0.3 is 15.2 Å². The van der Waals surface area contributed by atoms with E-state index in [4.69, 9.17) is 9.84 Å². The number of piperidine rings is 1. The number of carbonyl (C=O) groups is 1. The van der Waals surface area contributed by atoms with Gasteiger partial charge in [0.1, 0.15) is 0 Å². The fourth-order valence-electron chi connectivity index (χ4n) is 2.73. The number of amides is 1. The number of likely N-dealkylation sites (tertiary alicyclic amines) is 1. The van der Waals surface area contributed by atoms with E-state index in [2.05, 4.69) is 34.5 Å². The van der Waals surface area contributed by atoms with Gasteiger partial charge in [-0.05, 0) is 36.9 Å². The molecule has 5 heteroatoms. The van der Waals surface area contributed by atoms with Crippen molar-refractivity contribution in [1.82, 2.24) is 10.2 Å². The quantitative estimate of drug-likeness (QED) is 0.843. The second-order valence-corrected chi connectivity index (χ2v) is 5.53. The summed E-state index contributed by atoms with van der Waals surface area (Å²) in [6.07, 6.45) is 2.46. The molecule has 116 valence electrons. The van der Waals surface area contributed by atoms with Gasteiger partial charge in [0.15, 0.2) is 0 Å². The first-order valence-electron chi connectivity index (χ1n) is 7.47. The van der Waals surface area contributed by atoms with Crippen LogP contribution >= 0.6 is 0 Å². The summed E-state index contributed by atoms with van der Waals surface area (Å²) in [5.74, 6) is 0. The Morgan fingerprint density at radius 1 is 1.38 bits per heavy atom. The zero-order chi connectivity index (χ0) is 15.1. The Kier molecular flexibility index (Phi) is 6.02. The fourth-order valence-corrected chi connectivity index (χ4v) is 2.73. The van der Waals surface area contributed by atoms with Crippen molar-refractivity contribution in [2.75, 3.05) is 26.7 Å². The van der Waals surface area contributed by atoms with Crippen LogP contribution in [0.4, 0.5) is 4.79 Å². The molecule has 0 saturated carbocycles. The first-order valence-corrected chi connectivity index (χ1v) is 7.47. The molecule has 1 fully saturated rings. The van der Waals surface area contributed by atoms with Gasteiger partial charge in [-0.15, -0.1) is 0 Å². The first kappa shape index (κ1) is 15.8. The molecule has 1 aromatic carbocycles. The van der Waals surface area contributed by atoms with Gasteiger partial charge in [0.2, 0.25) is 0 Å². The molecule has 0 aromatic heterocycles. The highest BCUT2D eigenvalue weighted by molar-refractivity contribution is 5.64. The molecule has 1 unspecified atom stereocenters. The molecule has 0 aliphatic carbocycles. The summed E-state index contributed by atoms with van der Waals surface area (Å²) >= 11 is 0. The van der Waals surface area contributed by atoms with Crippen molar-refractivity contribution in [2.45, 2.75) is 31.9 Å². The number of nitrogens with zero attached hydrogens (tertiary/aromatic N) is 1. The maximum Gasteiger partial charge on any atom is 0.404 e. The van der Waals surface area contributed by atoms with Crippen molar-refractivity contribution in [2.24, 2.45) is 0 Å². The summed E-state index contributed by atoms with van der Waals surface area (Å²) < 4.78 is 5.45. The standard InChI is InChI=1S/C16H24N2O3/c1-21-15-3-2-10-18(12-15)11-14-6-4-13(5-7-14)8-9-17-16(19)20/h4-7,15,17H,2-3,8-12H2,1H3,(H,19,20). The van der Waals surface area contributed by atoms with Crippen LogP contribution in [0.1, 0.15) is 24.0 Å². The van der Waals surface area contributed by atoms with E-state index in [0.717, 1.165) is 38.0 Å². The normalized spacial score (nSPS) is 19.4. The van der Waals surface area contributed by atoms with Crippen LogP contribution < -0.4 is 5.32 Å². The molecular formula is C16H24N2O3. The molecule has 1 heterocycles. The van der Waals surface area contributed by atoms with E-state index in [1.54, 1.807) is 7.11 Å². The molecule has 1 amide bonds. The number of ether oxygens (including phenoxy) is 1. The van der Waals surface area contributed by atoms with Crippen LogP contribution in [0.5, 0.6) is 0 Å². The van der Waals surface area contributed by atoms with Gasteiger partial charge in [0.05, 0.1) is 6.10 Å². The van der Waals surface area contributed by atoms with Crippen molar-refractivity contribution in [3.05, 3.63) is 35.4 Å². The summed E-state index contributed by atoms with van der Waals surface area (Å²) in [5.41, 5.74) is 2.45. The van der Waals surface area contributed by atoms with Crippen molar-refractivity contribution < 1.29 is 14.6 Å². The predicted molar refractivity (Wildman–Crippen MR) is 81.5 cm³/mol. The molecule has 1 atom stereocenters. The van der Waals surface area contributed by atoms with Crippen LogP contribution in [-0.2, 0) is 17.7 Å². The molecule has 2 N–H and O–H groups in total. The fraction of sp³-hybridized carbons (Fsp3) is 0.562. The maximum absolute atomic E-state index is 10.4. The number of nitrogens with one attached hydrogen (secondary N) is 1. The Labute approximate surface area is 125 Å². The SMILES string of the molecule is COC1CCCN(Cc2ccc(CCNC(=O)O)cc2)C1. The molecule has 5 nitrogen and oxygen atoms in total. The minimum absolute atomic E-state index is 0.361. The lowest BCUT2D eigenvalue weighted by molar-refractivity contribution is 0.0285.